The summed E-state index contributed by atoms with van der Waals surface area (Å²) in [6, 6.07) is 3.48. The minimum Gasteiger partial charge on any atom is -0.348 e. The Morgan fingerprint density at radius 2 is 1.80 bits per heavy atom. The van der Waals surface area contributed by atoms with Crippen molar-refractivity contribution in [1.82, 2.24) is 14.9 Å². The standard InChI is InChI=1S/C21H30FN3O4S/c1-15-14-16(22)9-10-19(15)30(28,29)25-13-5-4-8-18(25)11-12-23-20(26)21(27)24-17-6-2-3-7-17/h9-10,14,17-18H,2-8,11-13H2,1H3,(H,23,26)(H,24,27). The van der Waals surface area contributed by atoms with Crippen molar-refractivity contribution in [2.45, 2.75) is 75.3 Å². The fraction of sp³-hybridized carbons (Fsp3) is 0.619. The van der Waals surface area contributed by atoms with Gasteiger partial charge in [0, 0.05) is 25.2 Å². The number of hydrogen-bond acceptors (Lipinski definition) is 4. The van der Waals surface area contributed by atoms with Crippen LogP contribution in [0.25, 0.3) is 0 Å². The van der Waals surface area contributed by atoms with Gasteiger partial charge in [0.25, 0.3) is 0 Å². The summed E-state index contributed by atoms with van der Waals surface area (Å²) < 4.78 is 41.2. The molecular formula is C21H30FN3O4S. The van der Waals surface area contributed by atoms with E-state index in [2.05, 4.69) is 10.6 Å². The van der Waals surface area contributed by atoms with E-state index in [-0.39, 0.29) is 23.5 Å². The first-order chi connectivity index (χ1) is 14.3. The number of nitrogens with one attached hydrogen (secondary N) is 2. The minimum absolute atomic E-state index is 0.0705. The second-order valence-electron chi connectivity index (χ2n) is 8.17. The van der Waals surface area contributed by atoms with Crippen LogP contribution in [0.2, 0.25) is 0 Å². The zero-order chi connectivity index (χ0) is 21.7. The van der Waals surface area contributed by atoms with Crippen LogP contribution in [-0.4, -0.2) is 49.7 Å². The topological polar surface area (TPSA) is 95.6 Å². The molecule has 2 N–H and O–H groups in total. The quantitative estimate of drug-likeness (QED) is 0.665. The van der Waals surface area contributed by atoms with Crippen molar-refractivity contribution in [2.24, 2.45) is 0 Å². The first-order valence-electron chi connectivity index (χ1n) is 10.7. The fourth-order valence-electron chi connectivity index (χ4n) is 4.36. The molecule has 166 valence electrons. The van der Waals surface area contributed by atoms with Gasteiger partial charge in [-0.1, -0.05) is 19.3 Å². The highest BCUT2D eigenvalue weighted by Gasteiger charge is 2.34. The molecular weight excluding hydrogens is 409 g/mol. The van der Waals surface area contributed by atoms with Gasteiger partial charge in [-0.3, -0.25) is 9.59 Å². The third kappa shape index (κ3) is 5.37. The Morgan fingerprint density at radius 3 is 2.50 bits per heavy atom. The fourth-order valence-corrected chi connectivity index (χ4v) is 6.29. The minimum atomic E-state index is -3.77. The first kappa shape index (κ1) is 22.7. The van der Waals surface area contributed by atoms with E-state index in [1.165, 1.54) is 16.4 Å². The van der Waals surface area contributed by atoms with E-state index in [1.54, 1.807) is 6.92 Å². The molecule has 30 heavy (non-hydrogen) atoms. The molecule has 1 aromatic carbocycles. The van der Waals surface area contributed by atoms with E-state index in [4.69, 9.17) is 0 Å². The highest BCUT2D eigenvalue weighted by Crippen LogP contribution is 2.28. The highest BCUT2D eigenvalue weighted by atomic mass is 32.2. The highest BCUT2D eigenvalue weighted by molar-refractivity contribution is 7.89. The lowest BCUT2D eigenvalue weighted by Crippen LogP contribution is -2.47. The number of nitrogens with zero attached hydrogens (tertiary/aromatic N) is 1. The second-order valence-corrected chi connectivity index (χ2v) is 10.0. The smallest absolute Gasteiger partial charge is 0.309 e. The maximum absolute atomic E-state index is 13.4. The van der Waals surface area contributed by atoms with Crippen LogP contribution in [0.5, 0.6) is 0 Å². The van der Waals surface area contributed by atoms with Crippen LogP contribution in [0.15, 0.2) is 23.1 Å². The molecule has 0 spiro atoms. The van der Waals surface area contributed by atoms with Crippen molar-refractivity contribution in [2.75, 3.05) is 13.1 Å². The summed E-state index contributed by atoms with van der Waals surface area (Å²) in [7, 11) is -3.77. The first-order valence-corrected chi connectivity index (χ1v) is 12.1. The maximum atomic E-state index is 13.4. The van der Waals surface area contributed by atoms with E-state index >= 15 is 0 Å². The molecule has 2 amide bonds. The van der Waals surface area contributed by atoms with Gasteiger partial charge in [-0.25, -0.2) is 12.8 Å². The number of piperidine rings is 1. The molecule has 1 aliphatic carbocycles. The molecule has 0 radical (unpaired) electrons. The predicted octanol–water partition coefficient (Wildman–Crippen LogP) is 2.24. The number of aryl methyl sites for hydroxylation is 1. The Kier molecular flexibility index (Phi) is 7.46. The Bertz CT molecular complexity index is 884. The van der Waals surface area contributed by atoms with Crippen LogP contribution in [0.4, 0.5) is 4.39 Å². The van der Waals surface area contributed by atoms with Crippen LogP contribution in [-0.2, 0) is 19.6 Å². The lowest BCUT2D eigenvalue weighted by atomic mass is 10.0. The number of benzene rings is 1. The number of halogens is 1. The molecule has 1 heterocycles. The third-order valence-corrected chi connectivity index (χ3v) is 8.07. The summed E-state index contributed by atoms with van der Waals surface area (Å²) in [5.74, 6) is -1.78. The Hall–Kier alpha value is -2.00. The largest absolute Gasteiger partial charge is 0.348 e. The molecule has 9 heteroatoms. The Morgan fingerprint density at radius 1 is 1.10 bits per heavy atom. The summed E-state index contributed by atoms with van der Waals surface area (Å²) in [6.45, 7) is 2.19. The van der Waals surface area contributed by atoms with Crippen molar-refractivity contribution in [3.63, 3.8) is 0 Å². The number of hydrogen-bond donors (Lipinski definition) is 2. The molecule has 3 rings (SSSR count). The van der Waals surface area contributed by atoms with Crippen molar-refractivity contribution in [3.8, 4) is 0 Å². The van der Waals surface area contributed by atoms with Crippen LogP contribution in [0.1, 0.15) is 56.9 Å². The van der Waals surface area contributed by atoms with Gasteiger partial charge < -0.3 is 10.6 Å². The third-order valence-electron chi connectivity index (χ3n) is 5.96. The van der Waals surface area contributed by atoms with Crippen molar-refractivity contribution < 1.29 is 22.4 Å². The van der Waals surface area contributed by atoms with Gasteiger partial charge in [0.05, 0.1) is 4.90 Å². The van der Waals surface area contributed by atoms with Crippen LogP contribution in [0, 0.1) is 12.7 Å². The van der Waals surface area contributed by atoms with Gasteiger partial charge in [0.15, 0.2) is 0 Å². The number of carbonyl (C=O) groups is 2. The molecule has 0 bridgehead atoms. The van der Waals surface area contributed by atoms with Gasteiger partial charge in [-0.2, -0.15) is 4.31 Å². The molecule has 1 aromatic rings. The van der Waals surface area contributed by atoms with E-state index in [1.807, 2.05) is 0 Å². The monoisotopic (exact) mass is 439 g/mol. The number of rotatable bonds is 6. The van der Waals surface area contributed by atoms with Crippen LogP contribution < -0.4 is 10.6 Å². The lowest BCUT2D eigenvalue weighted by molar-refractivity contribution is -0.139. The van der Waals surface area contributed by atoms with Crippen molar-refractivity contribution >= 4 is 21.8 Å². The number of carbonyl (C=O) groups excluding carboxylic acids is 2. The summed E-state index contributed by atoms with van der Waals surface area (Å²) >= 11 is 0. The zero-order valence-corrected chi connectivity index (χ0v) is 18.1. The maximum Gasteiger partial charge on any atom is 0.309 e. The van der Waals surface area contributed by atoms with E-state index in [9.17, 15) is 22.4 Å². The molecule has 1 aliphatic heterocycles. The lowest BCUT2D eigenvalue weighted by Gasteiger charge is -2.35. The average molecular weight is 440 g/mol. The van der Waals surface area contributed by atoms with Crippen molar-refractivity contribution in [3.05, 3.63) is 29.6 Å². The number of sulfonamides is 1. The second kappa shape index (κ2) is 9.87. The molecule has 1 saturated heterocycles. The van der Waals surface area contributed by atoms with Crippen molar-refractivity contribution in [1.29, 1.82) is 0 Å². The average Bonchev–Trinajstić information content (AvgIpc) is 3.21. The SMILES string of the molecule is Cc1cc(F)ccc1S(=O)(=O)N1CCCCC1CCNC(=O)C(=O)NC1CCCC1. The van der Waals surface area contributed by atoms with E-state index < -0.39 is 27.7 Å². The van der Waals surface area contributed by atoms with Gasteiger partial charge >= 0.3 is 11.8 Å². The molecule has 1 atom stereocenters. The normalized spacial score (nSPS) is 20.8. The molecule has 2 aliphatic rings. The molecule has 1 saturated carbocycles. The molecule has 0 aromatic heterocycles. The van der Waals surface area contributed by atoms with E-state index in [0.29, 0.717) is 24.9 Å². The predicted molar refractivity (Wildman–Crippen MR) is 111 cm³/mol. The summed E-state index contributed by atoms with van der Waals surface area (Å²) in [5, 5.41) is 5.36. The summed E-state index contributed by atoms with van der Waals surface area (Å²) in [5.41, 5.74) is 0.371. The number of amides is 2. The summed E-state index contributed by atoms with van der Waals surface area (Å²) in [4.78, 5) is 24.2. The van der Waals surface area contributed by atoms with Gasteiger partial charge in [0.1, 0.15) is 5.82 Å². The van der Waals surface area contributed by atoms with E-state index in [0.717, 1.165) is 44.6 Å². The molecule has 2 fully saturated rings. The zero-order valence-electron chi connectivity index (χ0n) is 17.3. The Balaban J connectivity index is 1.59. The molecule has 1 unspecified atom stereocenters. The van der Waals surface area contributed by atoms with Gasteiger partial charge in [0.2, 0.25) is 10.0 Å². The van der Waals surface area contributed by atoms with Gasteiger partial charge in [-0.15, -0.1) is 0 Å². The van der Waals surface area contributed by atoms with Crippen LogP contribution in [0.3, 0.4) is 0 Å². The molecule has 7 nitrogen and oxygen atoms in total. The van der Waals surface area contributed by atoms with Gasteiger partial charge in [-0.05, 0) is 62.8 Å². The Labute approximate surface area is 177 Å². The van der Waals surface area contributed by atoms with Crippen LogP contribution >= 0.6 is 0 Å². The summed E-state index contributed by atoms with van der Waals surface area (Å²) in [6.07, 6.45) is 6.68.